The summed E-state index contributed by atoms with van der Waals surface area (Å²) in [4.78, 5) is 11.3. The molecule has 0 bridgehead atoms. The molecule has 1 aromatic carbocycles. The average Bonchev–Trinajstić information content (AvgIpc) is 2.17. The number of rotatable bonds is 2. The van der Waals surface area contributed by atoms with E-state index in [2.05, 4.69) is 27.7 Å². The number of esters is 1. The lowest BCUT2D eigenvalue weighted by Crippen LogP contribution is -2.11. The lowest BCUT2D eigenvalue weighted by molar-refractivity contribution is 0.0547. The minimum Gasteiger partial charge on any atom is -0.462 e. The van der Waals surface area contributed by atoms with Crippen LogP contribution in [0.2, 0.25) is 0 Å². The highest BCUT2D eigenvalue weighted by Crippen LogP contribution is 2.22. The van der Waals surface area contributed by atoms with Crippen molar-refractivity contribution in [1.29, 1.82) is 0 Å². The molecule has 1 aromatic rings. The van der Waals surface area contributed by atoms with E-state index in [1.165, 1.54) is 5.56 Å². The molecule has 1 rings (SSSR count). The van der Waals surface area contributed by atoms with Crippen LogP contribution in [-0.4, -0.2) is 12.6 Å². The van der Waals surface area contributed by atoms with Crippen molar-refractivity contribution in [3.8, 4) is 0 Å². The molecule has 0 aliphatic carbocycles. The van der Waals surface area contributed by atoms with E-state index >= 15 is 0 Å². The summed E-state index contributed by atoms with van der Waals surface area (Å²) in [5.74, 6) is -0.314. The molecule has 0 saturated carbocycles. The third-order valence-corrected chi connectivity index (χ3v) is 2.22. The van der Waals surface area contributed by atoms with Gasteiger partial charge in [0.15, 0.2) is 0 Å². The topological polar surface area (TPSA) is 26.3 Å². The first-order valence-corrected chi connectivity index (χ1v) is 5.02. The Labute approximate surface area is 91.3 Å². The first-order valence-electron chi connectivity index (χ1n) is 5.02. The highest BCUT2D eigenvalue weighted by molar-refractivity contribution is 5.89. The zero-order valence-electron chi connectivity index (χ0n) is 9.54. The molecule has 2 nitrogen and oxygen atoms in total. The summed E-state index contributed by atoms with van der Waals surface area (Å²) in [5.41, 5.74) is 1.88. The van der Waals surface area contributed by atoms with Crippen LogP contribution < -0.4 is 0 Å². The molecule has 0 atom stereocenters. The van der Waals surface area contributed by atoms with Gasteiger partial charge in [-0.2, -0.15) is 0 Å². The molecule has 0 aromatic heterocycles. The van der Waals surface area contributed by atoms with E-state index in [9.17, 15) is 4.79 Å². The van der Waals surface area contributed by atoms with Crippen LogP contribution in [0.1, 0.15) is 36.7 Å². The molecule has 0 fully saturated rings. The summed E-state index contributed by atoms with van der Waals surface area (Å²) in [6, 6.07) is 7.50. The Morgan fingerprint density at radius 3 is 2.20 bits per heavy atom. The maximum absolute atomic E-state index is 11.3. The summed E-state index contributed by atoms with van der Waals surface area (Å²) >= 11 is 0. The maximum atomic E-state index is 11.3. The molecule has 0 saturated heterocycles. The minimum absolute atomic E-state index is 0.106. The van der Waals surface area contributed by atoms with Gasteiger partial charge in [0, 0.05) is 0 Å². The van der Waals surface area contributed by atoms with E-state index in [-0.39, 0.29) is 18.0 Å². The largest absolute Gasteiger partial charge is 0.462 e. The van der Waals surface area contributed by atoms with E-state index in [0.717, 1.165) is 0 Å². The fraction of sp³-hybridized carbons (Fsp3) is 0.385. The molecule has 0 N–H and O–H groups in total. The van der Waals surface area contributed by atoms with Crippen LogP contribution in [0.3, 0.4) is 0 Å². The second-order valence-electron chi connectivity index (χ2n) is 4.46. The van der Waals surface area contributed by atoms with Gasteiger partial charge in [-0.15, -0.1) is 0 Å². The lowest BCUT2D eigenvalue weighted by atomic mass is 9.87. The summed E-state index contributed by atoms with van der Waals surface area (Å²) in [7, 11) is 0. The molecular weight excluding hydrogens is 188 g/mol. The smallest absolute Gasteiger partial charge is 0.338 e. The molecule has 0 aliphatic rings. The Bertz CT molecular complexity index is 331. The summed E-state index contributed by atoms with van der Waals surface area (Å²) in [6.07, 6.45) is 0. The van der Waals surface area contributed by atoms with Crippen molar-refractivity contribution in [1.82, 2.24) is 0 Å². The van der Waals surface area contributed by atoms with Gasteiger partial charge in [-0.05, 0) is 30.0 Å². The quantitative estimate of drug-likeness (QED) is 0.694. The molecule has 0 spiro atoms. The monoisotopic (exact) mass is 205 g/mol. The molecule has 81 valence electrons. The van der Waals surface area contributed by atoms with Crippen LogP contribution in [-0.2, 0) is 10.2 Å². The first-order chi connectivity index (χ1) is 6.95. The van der Waals surface area contributed by atoms with Crippen molar-refractivity contribution >= 4 is 5.97 Å². The van der Waals surface area contributed by atoms with Gasteiger partial charge < -0.3 is 4.74 Å². The van der Waals surface area contributed by atoms with Crippen molar-refractivity contribution < 1.29 is 9.53 Å². The van der Waals surface area contributed by atoms with Crippen molar-refractivity contribution in [2.75, 3.05) is 6.61 Å². The number of carbonyl (C=O) groups is 1. The van der Waals surface area contributed by atoms with Gasteiger partial charge in [-0.25, -0.2) is 4.79 Å². The minimum atomic E-state index is -0.314. The Hall–Kier alpha value is -1.31. The molecule has 2 heteroatoms. The molecule has 0 unspecified atom stereocenters. The van der Waals surface area contributed by atoms with Crippen molar-refractivity contribution in [3.63, 3.8) is 0 Å². The molecule has 0 amide bonds. The second-order valence-corrected chi connectivity index (χ2v) is 4.46. The number of hydrogen-bond acceptors (Lipinski definition) is 2. The second kappa shape index (κ2) is 4.47. The molecule has 15 heavy (non-hydrogen) atoms. The third-order valence-electron chi connectivity index (χ3n) is 2.22. The van der Waals surface area contributed by atoms with Gasteiger partial charge in [0.1, 0.15) is 0 Å². The first kappa shape index (κ1) is 11.8. The third kappa shape index (κ3) is 3.08. The SMILES string of the molecule is [CH2]COC(=O)c1ccc(C(C)(C)C)cc1. The zero-order chi connectivity index (χ0) is 11.5. The van der Waals surface area contributed by atoms with E-state index in [1.807, 2.05) is 12.1 Å². The van der Waals surface area contributed by atoms with Crippen LogP contribution >= 0.6 is 0 Å². The molecule has 1 radical (unpaired) electrons. The highest BCUT2D eigenvalue weighted by atomic mass is 16.5. The van der Waals surface area contributed by atoms with Crippen LogP contribution in [0.25, 0.3) is 0 Å². The summed E-state index contributed by atoms with van der Waals surface area (Å²) < 4.78 is 4.80. The highest BCUT2D eigenvalue weighted by Gasteiger charge is 2.14. The Morgan fingerprint density at radius 2 is 1.80 bits per heavy atom. The van der Waals surface area contributed by atoms with Crippen molar-refractivity contribution in [2.24, 2.45) is 0 Å². The predicted octanol–water partition coefficient (Wildman–Crippen LogP) is 2.97. The molecule has 0 aliphatic heterocycles. The Kier molecular flexibility index (Phi) is 3.51. The predicted molar refractivity (Wildman–Crippen MR) is 60.8 cm³/mol. The van der Waals surface area contributed by atoms with E-state index in [1.54, 1.807) is 12.1 Å². The van der Waals surface area contributed by atoms with Crippen LogP contribution in [0.4, 0.5) is 0 Å². The number of carbonyl (C=O) groups excluding carboxylic acids is 1. The standard InChI is InChI=1S/C13H17O2/c1-5-15-12(14)10-6-8-11(9-7-10)13(2,3)4/h6-9H,1,5H2,2-4H3. The molecule has 0 heterocycles. The normalized spacial score (nSPS) is 11.2. The van der Waals surface area contributed by atoms with E-state index in [0.29, 0.717) is 5.56 Å². The van der Waals surface area contributed by atoms with E-state index in [4.69, 9.17) is 4.74 Å². The van der Waals surface area contributed by atoms with Gasteiger partial charge in [0.05, 0.1) is 12.2 Å². The van der Waals surface area contributed by atoms with Gasteiger partial charge in [0.2, 0.25) is 0 Å². The molecular formula is C13H17O2. The van der Waals surface area contributed by atoms with E-state index < -0.39 is 0 Å². The fourth-order valence-corrected chi connectivity index (χ4v) is 1.28. The van der Waals surface area contributed by atoms with Crippen LogP contribution in [0.15, 0.2) is 24.3 Å². The number of ether oxygens (including phenoxy) is 1. The zero-order valence-corrected chi connectivity index (χ0v) is 9.54. The van der Waals surface area contributed by atoms with Crippen LogP contribution in [0, 0.1) is 6.92 Å². The summed E-state index contributed by atoms with van der Waals surface area (Å²) in [6.45, 7) is 10.0. The number of hydrogen-bond donors (Lipinski definition) is 0. The van der Waals surface area contributed by atoms with Gasteiger partial charge in [0.25, 0.3) is 0 Å². The van der Waals surface area contributed by atoms with Crippen LogP contribution in [0.5, 0.6) is 0 Å². The van der Waals surface area contributed by atoms with Gasteiger partial charge >= 0.3 is 5.97 Å². The number of benzene rings is 1. The van der Waals surface area contributed by atoms with Gasteiger partial charge in [-0.3, -0.25) is 0 Å². The van der Waals surface area contributed by atoms with Gasteiger partial charge in [-0.1, -0.05) is 32.9 Å². The average molecular weight is 205 g/mol. The maximum Gasteiger partial charge on any atom is 0.338 e. The van der Waals surface area contributed by atoms with Crippen molar-refractivity contribution in [2.45, 2.75) is 26.2 Å². The van der Waals surface area contributed by atoms with Crippen molar-refractivity contribution in [3.05, 3.63) is 42.3 Å². The summed E-state index contributed by atoms with van der Waals surface area (Å²) in [5, 5.41) is 0. The Balaban J connectivity index is 2.86. The fourth-order valence-electron chi connectivity index (χ4n) is 1.28. The Morgan fingerprint density at radius 1 is 1.27 bits per heavy atom. The lowest BCUT2D eigenvalue weighted by Gasteiger charge is -2.18.